The van der Waals surface area contributed by atoms with E-state index in [2.05, 4.69) is 66.0 Å². The molecule has 1 aromatic rings. The van der Waals surface area contributed by atoms with E-state index in [0.29, 0.717) is 17.1 Å². The van der Waals surface area contributed by atoms with Crippen molar-refractivity contribution in [3.8, 4) is 0 Å². The summed E-state index contributed by atoms with van der Waals surface area (Å²) in [6, 6.07) is 6.59. The molecule has 0 aliphatic heterocycles. The lowest BCUT2D eigenvalue weighted by Crippen LogP contribution is -2.08. The van der Waals surface area contributed by atoms with Gasteiger partial charge in [-0.05, 0) is 43.1 Å². The van der Waals surface area contributed by atoms with Crippen LogP contribution in [-0.2, 0) is 0 Å². The average Bonchev–Trinajstić information content (AvgIpc) is 2.37. The molecular formula is C17H27NS. The lowest BCUT2D eigenvalue weighted by Gasteiger charge is -2.18. The van der Waals surface area contributed by atoms with Gasteiger partial charge in [0, 0.05) is 11.0 Å². The predicted molar refractivity (Wildman–Crippen MR) is 90.4 cm³/mol. The van der Waals surface area contributed by atoms with Crippen LogP contribution in [0.5, 0.6) is 0 Å². The Kier molecular flexibility index (Phi) is 6.12. The van der Waals surface area contributed by atoms with Crippen LogP contribution in [0.25, 0.3) is 0 Å². The highest BCUT2D eigenvalue weighted by molar-refractivity contribution is 7.99. The van der Waals surface area contributed by atoms with Crippen LogP contribution in [-0.4, -0.2) is 17.2 Å². The molecule has 1 nitrogen and oxygen atoms in total. The number of hydrogen-bond acceptors (Lipinski definition) is 2. The number of para-hydroxylation sites is 1. The molecule has 0 amide bonds. The predicted octanol–water partition coefficient (Wildman–Crippen LogP) is 5.78. The van der Waals surface area contributed by atoms with Crippen molar-refractivity contribution in [1.82, 2.24) is 0 Å². The van der Waals surface area contributed by atoms with Crippen molar-refractivity contribution in [2.75, 3.05) is 6.26 Å². The zero-order valence-corrected chi connectivity index (χ0v) is 14.1. The summed E-state index contributed by atoms with van der Waals surface area (Å²) in [5.41, 5.74) is 5.13. The fourth-order valence-corrected chi connectivity index (χ4v) is 2.47. The van der Waals surface area contributed by atoms with E-state index < -0.39 is 0 Å². The normalized spacial score (nSPS) is 14.3. The van der Waals surface area contributed by atoms with Gasteiger partial charge in [-0.3, -0.25) is 4.99 Å². The van der Waals surface area contributed by atoms with Crippen molar-refractivity contribution in [3.05, 3.63) is 29.3 Å². The fourth-order valence-electron chi connectivity index (χ4n) is 2.08. The van der Waals surface area contributed by atoms with Gasteiger partial charge in [0.25, 0.3) is 0 Å². The molecule has 0 aliphatic carbocycles. The van der Waals surface area contributed by atoms with Gasteiger partial charge in [0.2, 0.25) is 0 Å². The Morgan fingerprint density at radius 3 is 1.84 bits per heavy atom. The van der Waals surface area contributed by atoms with Gasteiger partial charge >= 0.3 is 0 Å². The Labute approximate surface area is 122 Å². The number of rotatable bonds is 5. The highest BCUT2D eigenvalue weighted by Gasteiger charge is 2.14. The van der Waals surface area contributed by atoms with E-state index in [1.807, 2.05) is 11.8 Å². The zero-order chi connectivity index (χ0) is 14.6. The van der Waals surface area contributed by atoms with Crippen LogP contribution < -0.4 is 0 Å². The summed E-state index contributed by atoms with van der Waals surface area (Å²) >= 11 is 1.85. The molecule has 0 heterocycles. The second-order valence-electron chi connectivity index (χ2n) is 5.73. The number of hydrogen-bond donors (Lipinski definition) is 0. The van der Waals surface area contributed by atoms with Gasteiger partial charge in [0.05, 0.1) is 5.69 Å². The van der Waals surface area contributed by atoms with Crippen molar-refractivity contribution >= 4 is 23.2 Å². The Bertz CT molecular complexity index is 420. The number of thioether (sulfide) groups is 1. The molecule has 1 aromatic carbocycles. The summed E-state index contributed by atoms with van der Waals surface area (Å²) in [6.07, 6.45) is 2.14. The minimum absolute atomic E-state index is 0.472. The molecule has 0 aliphatic rings. The Hall–Kier alpha value is -0.760. The van der Waals surface area contributed by atoms with Crippen LogP contribution in [0.4, 0.5) is 5.69 Å². The van der Waals surface area contributed by atoms with Crippen molar-refractivity contribution < 1.29 is 0 Å². The third-order valence-corrected chi connectivity index (χ3v) is 4.62. The zero-order valence-electron chi connectivity index (χ0n) is 13.3. The maximum absolute atomic E-state index is 4.97. The van der Waals surface area contributed by atoms with Crippen LogP contribution in [0, 0.1) is 0 Å². The van der Waals surface area contributed by atoms with E-state index in [-0.39, 0.29) is 0 Å². The third kappa shape index (κ3) is 4.10. The monoisotopic (exact) mass is 277 g/mol. The van der Waals surface area contributed by atoms with E-state index >= 15 is 0 Å². The van der Waals surface area contributed by atoms with Crippen molar-refractivity contribution in [2.24, 2.45) is 4.99 Å². The Morgan fingerprint density at radius 2 is 1.47 bits per heavy atom. The van der Waals surface area contributed by atoms with Gasteiger partial charge in [-0.25, -0.2) is 0 Å². The maximum Gasteiger partial charge on any atom is 0.0698 e. The lowest BCUT2D eigenvalue weighted by atomic mass is 9.93. The summed E-state index contributed by atoms with van der Waals surface area (Å²) < 4.78 is 0. The molecule has 106 valence electrons. The van der Waals surface area contributed by atoms with E-state index in [9.17, 15) is 0 Å². The molecule has 1 atom stereocenters. The number of aliphatic imine (C=N–C) groups is 1. The number of nitrogens with zero attached hydrogens (tertiary/aromatic N) is 1. The first-order valence-electron chi connectivity index (χ1n) is 7.09. The number of benzene rings is 1. The Morgan fingerprint density at radius 1 is 1.00 bits per heavy atom. The smallest absolute Gasteiger partial charge is 0.0698 e. The molecule has 0 radical (unpaired) electrons. The molecule has 2 heteroatoms. The van der Waals surface area contributed by atoms with E-state index in [1.165, 1.54) is 22.5 Å². The van der Waals surface area contributed by atoms with Crippen LogP contribution in [0.2, 0.25) is 0 Å². The van der Waals surface area contributed by atoms with Crippen LogP contribution in [0.15, 0.2) is 23.2 Å². The van der Waals surface area contributed by atoms with Crippen LogP contribution >= 0.6 is 11.8 Å². The first kappa shape index (κ1) is 16.3. The highest BCUT2D eigenvalue weighted by Crippen LogP contribution is 2.35. The quantitative estimate of drug-likeness (QED) is 0.622. The summed E-state index contributed by atoms with van der Waals surface area (Å²) in [5, 5.41) is 0.472. The second kappa shape index (κ2) is 7.14. The fraction of sp³-hybridized carbons (Fsp3) is 0.588. The van der Waals surface area contributed by atoms with Crippen LogP contribution in [0.1, 0.15) is 64.5 Å². The lowest BCUT2D eigenvalue weighted by molar-refractivity contribution is 0.834. The molecule has 0 saturated heterocycles. The van der Waals surface area contributed by atoms with Gasteiger partial charge in [-0.2, -0.15) is 11.8 Å². The van der Waals surface area contributed by atoms with Gasteiger partial charge in [-0.15, -0.1) is 0 Å². The molecular weight excluding hydrogens is 250 g/mol. The van der Waals surface area contributed by atoms with Gasteiger partial charge in [0.1, 0.15) is 0 Å². The summed E-state index contributed by atoms with van der Waals surface area (Å²) in [5.74, 6) is 1.02. The van der Waals surface area contributed by atoms with Crippen molar-refractivity contribution in [3.63, 3.8) is 0 Å². The molecule has 0 bridgehead atoms. The highest BCUT2D eigenvalue weighted by atomic mass is 32.2. The largest absolute Gasteiger partial charge is 0.256 e. The van der Waals surface area contributed by atoms with E-state index in [4.69, 9.17) is 4.99 Å². The van der Waals surface area contributed by atoms with Crippen LogP contribution in [0.3, 0.4) is 0 Å². The molecule has 0 spiro atoms. The molecule has 0 aromatic heterocycles. The van der Waals surface area contributed by atoms with Gasteiger partial charge in [0.15, 0.2) is 0 Å². The first-order valence-corrected chi connectivity index (χ1v) is 8.38. The maximum atomic E-state index is 4.97. The topological polar surface area (TPSA) is 12.4 Å². The first-order chi connectivity index (χ1) is 8.88. The second-order valence-corrected chi connectivity index (χ2v) is 6.90. The van der Waals surface area contributed by atoms with E-state index in [1.54, 1.807) is 0 Å². The van der Waals surface area contributed by atoms with Crippen molar-refractivity contribution in [1.29, 1.82) is 0 Å². The average molecular weight is 277 g/mol. The third-order valence-electron chi connectivity index (χ3n) is 3.57. The molecule has 0 fully saturated rings. The van der Waals surface area contributed by atoms with Gasteiger partial charge in [-0.1, -0.05) is 45.9 Å². The van der Waals surface area contributed by atoms with E-state index in [0.717, 1.165) is 0 Å². The standard InChI is InChI=1S/C17H27NS/c1-11(2)15-9-8-10-16(12(3)4)17(15)18-13(5)14(6)19-7/h8-12,14H,1-7H3. The SMILES string of the molecule is CSC(C)C(C)=Nc1c(C(C)C)cccc1C(C)C. The van der Waals surface area contributed by atoms with Crippen molar-refractivity contribution in [2.45, 2.75) is 58.6 Å². The summed E-state index contributed by atoms with van der Waals surface area (Å²) in [6.45, 7) is 13.3. The summed E-state index contributed by atoms with van der Waals surface area (Å²) in [7, 11) is 0. The minimum atomic E-state index is 0.472. The molecule has 0 saturated carbocycles. The molecule has 1 rings (SSSR count). The molecule has 0 N–H and O–H groups in total. The van der Waals surface area contributed by atoms with Gasteiger partial charge < -0.3 is 0 Å². The molecule has 19 heavy (non-hydrogen) atoms. The molecule has 1 unspecified atom stereocenters. The minimum Gasteiger partial charge on any atom is -0.256 e. The summed E-state index contributed by atoms with van der Waals surface area (Å²) in [4.78, 5) is 4.97. The Balaban J connectivity index is 3.37.